The highest BCUT2D eigenvalue weighted by Gasteiger charge is 2.19. The fourth-order valence-electron chi connectivity index (χ4n) is 2.03. The Morgan fingerprint density at radius 3 is 2.44 bits per heavy atom. The number of nitro benzene ring substituents is 2. The first-order valence-corrected chi connectivity index (χ1v) is 6.94. The topological polar surface area (TPSA) is 140 Å². The average molecular weight is 346 g/mol. The maximum absolute atomic E-state index is 11.1. The molecule has 2 aromatic carbocycles. The molecular formula is C15H14N4O6. The van der Waals surface area contributed by atoms with Crippen molar-refractivity contribution in [1.82, 2.24) is 0 Å². The minimum Gasteiger partial charge on any atom is -0.507 e. The standard InChI is InChI=1S/C15H14N4O6/c1-9(12-5-4-11(25-2)8-15(12)20)16-17-13-6-3-10(18(21)22)7-14(13)19(23)24/h3-8,17,20H,1-2H3/b16-9+. The second-order valence-electron chi connectivity index (χ2n) is 4.91. The molecule has 0 saturated heterocycles. The normalized spacial score (nSPS) is 11.0. The van der Waals surface area contributed by atoms with Crippen LogP contribution in [0.2, 0.25) is 0 Å². The number of nitrogens with zero attached hydrogens (tertiary/aromatic N) is 3. The van der Waals surface area contributed by atoms with Crippen LogP contribution >= 0.6 is 0 Å². The SMILES string of the molecule is COc1ccc(/C(C)=N/Nc2ccc([N+](=O)[O-])cc2[N+](=O)[O-])c(O)c1. The van der Waals surface area contributed by atoms with Gasteiger partial charge >= 0.3 is 5.69 Å². The molecule has 0 unspecified atom stereocenters. The van der Waals surface area contributed by atoms with Crippen molar-refractivity contribution in [1.29, 1.82) is 0 Å². The van der Waals surface area contributed by atoms with Gasteiger partial charge in [0.1, 0.15) is 17.2 Å². The number of rotatable bonds is 6. The molecular weight excluding hydrogens is 332 g/mol. The van der Waals surface area contributed by atoms with E-state index in [4.69, 9.17) is 4.74 Å². The molecule has 10 heteroatoms. The minimum absolute atomic E-state index is 0.0112. The molecule has 25 heavy (non-hydrogen) atoms. The van der Waals surface area contributed by atoms with E-state index < -0.39 is 21.2 Å². The Kier molecular flexibility index (Phi) is 5.12. The molecule has 10 nitrogen and oxygen atoms in total. The average Bonchev–Trinajstić information content (AvgIpc) is 2.59. The Balaban J connectivity index is 2.32. The lowest BCUT2D eigenvalue weighted by Crippen LogP contribution is -2.03. The summed E-state index contributed by atoms with van der Waals surface area (Å²) in [6.45, 7) is 1.59. The van der Waals surface area contributed by atoms with Crippen molar-refractivity contribution in [2.45, 2.75) is 6.92 Å². The van der Waals surface area contributed by atoms with Crippen molar-refractivity contribution >= 4 is 22.8 Å². The Labute approximate surface area is 141 Å². The van der Waals surface area contributed by atoms with E-state index in [0.29, 0.717) is 17.0 Å². The lowest BCUT2D eigenvalue weighted by atomic mass is 10.1. The summed E-state index contributed by atoms with van der Waals surface area (Å²) < 4.78 is 4.99. The molecule has 0 bridgehead atoms. The molecule has 0 radical (unpaired) electrons. The zero-order valence-corrected chi connectivity index (χ0v) is 13.3. The molecule has 2 aromatic rings. The summed E-state index contributed by atoms with van der Waals surface area (Å²) in [4.78, 5) is 20.3. The van der Waals surface area contributed by atoms with E-state index in [9.17, 15) is 25.3 Å². The van der Waals surface area contributed by atoms with Crippen LogP contribution in [0.3, 0.4) is 0 Å². The number of phenolic OH excluding ortho intramolecular Hbond substituents is 1. The summed E-state index contributed by atoms with van der Waals surface area (Å²) in [6, 6.07) is 7.79. The predicted molar refractivity (Wildman–Crippen MR) is 90.2 cm³/mol. The zero-order chi connectivity index (χ0) is 18.6. The Morgan fingerprint density at radius 2 is 1.88 bits per heavy atom. The Bertz CT molecular complexity index is 865. The lowest BCUT2D eigenvalue weighted by Gasteiger charge is -2.07. The van der Waals surface area contributed by atoms with Gasteiger partial charge < -0.3 is 9.84 Å². The number of hydrazone groups is 1. The van der Waals surface area contributed by atoms with Gasteiger partial charge in [-0.15, -0.1) is 0 Å². The molecule has 130 valence electrons. The number of aromatic hydroxyl groups is 1. The van der Waals surface area contributed by atoms with Crippen molar-refractivity contribution < 1.29 is 19.7 Å². The first-order chi connectivity index (χ1) is 11.8. The van der Waals surface area contributed by atoms with Crippen molar-refractivity contribution in [2.24, 2.45) is 5.10 Å². The van der Waals surface area contributed by atoms with E-state index in [0.717, 1.165) is 12.1 Å². The molecule has 0 atom stereocenters. The van der Waals surface area contributed by atoms with E-state index in [-0.39, 0.29) is 11.4 Å². The van der Waals surface area contributed by atoms with E-state index >= 15 is 0 Å². The summed E-state index contributed by atoms with van der Waals surface area (Å²) in [7, 11) is 1.46. The van der Waals surface area contributed by atoms with Gasteiger partial charge in [0.15, 0.2) is 0 Å². The fourth-order valence-corrected chi connectivity index (χ4v) is 2.03. The minimum atomic E-state index is -0.745. The van der Waals surface area contributed by atoms with Gasteiger partial charge in [0, 0.05) is 17.7 Å². The predicted octanol–water partition coefficient (Wildman–Crippen LogP) is 3.05. The molecule has 0 aliphatic heterocycles. The largest absolute Gasteiger partial charge is 0.507 e. The highest BCUT2D eigenvalue weighted by Crippen LogP contribution is 2.29. The molecule has 2 N–H and O–H groups in total. The Morgan fingerprint density at radius 1 is 1.16 bits per heavy atom. The maximum atomic E-state index is 11.1. The van der Waals surface area contributed by atoms with Crippen LogP contribution in [0.4, 0.5) is 17.1 Å². The van der Waals surface area contributed by atoms with Crippen molar-refractivity contribution in [3.05, 3.63) is 62.2 Å². The highest BCUT2D eigenvalue weighted by molar-refractivity contribution is 6.01. The third kappa shape index (κ3) is 3.99. The maximum Gasteiger partial charge on any atom is 0.301 e. The number of nitro groups is 2. The second-order valence-corrected chi connectivity index (χ2v) is 4.91. The van der Waals surface area contributed by atoms with Gasteiger partial charge in [0.2, 0.25) is 0 Å². The number of benzene rings is 2. The fraction of sp³-hybridized carbons (Fsp3) is 0.133. The number of hydrogen-bond donors (Lipinski definition) is 2. The first kappa shape index (κ1) is 17.7. The quantitative estimate of drug-likeness (QED) is 0.465. The number of hydrogen-bond acceptors (Lipinski definition) is 8. The smallest absolute Gasteiger partial charge is 0.301 e. The molecule has 0 fully saturated rings. The van der Waals surface area contributed by atoms with Crippen LogP contribution in [0.1, 0.15) is 12.5 Å². The van der Waals surface area contributed by atoms with Crippen LogP contribution < -0.4 is 10.2 Å². The molecule has 0 aromatic heterocycles. The van der Waals surface area contributed by atoms with Gasteiger partial charge in [-0.2, -0.15) is 5.10 Å². The highest BCUT2D eigenvalue weighted by atomic mass is 16.6. The molecule has 0 amide bonds. The second kappa shape index (κ2) is 7.25. The van der Waals surface area contributed by atoms with Gasteiger partial charge in [-0.25, -0.2) is 0 Å². The first-order valence-electron chi connectivity index (χ1n) is 6.94. The van der Waals surface area contributed by atoms with Crippen molar-refractivity contribution in [3.63, 3.8) is 0 Å². The number of anilines is 1. The van der Waals surface area contributed by atoms with Crippen LogP contribution in [0, 0.1) is 20.2 Å². The summed E-state index contributed by atoms with van der Waals surface area (Å²) in [5, 5.41) is 35.8. The van der Waals surface area contributed by atoms with Crippen LogP contribution in [0.25, 0.3) is 0 Å². The Hall–Kier alpha value is -3.69. The van der Waals surface area contributed by atoms with Gasteiger partial charge in [0.25, 0.3) is 5.69 Å². The van der Waals surface area contributed by atoms with Crippen LogP contribution in [0.5, 0.6) is 11.5 Å². The number of non-ortho nitro benzene ring substituents is 1. The third-order valence-corrected chi connectivity index (χ3v) is 3.33. The van der Waals surface area contributed by atoms with Gasteiger partial charge in [0.05, 0.1) is 28.7 Å². The number of phenols is 1. The molecule has 2 rings (SSSR count). The van der Waals surface area contributed by atoms with E-state index in [2.05, 4.69) is 10.5 Å². The van der Waals surface area contributed by atoms with Gasteiger partial charge in [-0.1, -0.05) is 0 Å². The van der Waals surface area contributed by atoms with Crippen molar-refractivity contribution in [3.8, 4) is 11.5 Å². The lowest BCUT2D eigenvalue weighted by molar-refractivity contribution is -0.393. The molecule has 0 aliphatic carbocycles. The summed E-state index contributed by atoms with van der Waals surface area (Å²) in [5.74, 6) is 0.397. The summed E-state index contributed by atoms with van der Waals surface area (Å²) >= 11 is 0. The summed E-state index contributed by atoms with van der Waals surface area (Å²) in [6.07, 6.45) is 0. The third-order valence-electron chi connectivity index (χ3n) is 3.33. The van der Waals surface area contributed by atoms with E-state index in [1.165, 1.54) is 19.2 Å². The van der Waals surface area contributed by atoms with Crippen LogP contribution in [-0.4, -0.2) is 27.8 Å². The molecule has 0 spiro atoms. The van der Waals surface area contributed by atoms with Crippen LogP contribution in [0.15, 0.2) is 41.5 Å². The monoisotopic (exact) mass is 346 g/mol. The van der Waals surface area contributed by atoms with Crippen molar-refractivity contribution in [2.75, 3.05) is 12.5 Å². The number of methoxy groups -OCH3 is 1. The van der Waals surface area contributed by atoms with Gasteiger partial charge in [-0.3, -0.25) is 25.7 Å². The molecule has 0 heterocycles. The van der Waals surface area contributed by atoms with Gasteiger partial charge in [-0.05, 0) is 25.1 Å². The van der Waals surface area contributed by atoms with Crippen LogP contribution in [-0.2, 0) is 0 Å². The van der Waals surface area contributed by atoms with E-state index in [1.807, 2.05) is 0 Å². The zero-order valence-electron chi connectivity index (χ0n) is 13.3. The number of nitrogens with one attached hydrogen (secondary N) is 1. The number of ether oxygens (including phenoxy) is 1. The summed E-state index contributed by atoms with van der Waals surface area (Å²) in [5.41, 5.74) is 2.36. The molecule has 0 saturated carbocycles. The van der Waals surface area contributed by atoms with E-state index in [1.54, 1.807) is 19.1 Å². The molecule has 0 aliphatic rings.